The molecule has 3 nitrogen and oxygen atoms in total. The maximum Gasteiger partial charge on any atom is 0.334 e. The Balaban J connectivity index is 1.96. The normalized spacial score (nSPS) is 51.6. The van der Waals surface area contributed by atoms with Gasteiger partial charge >= 0.3 is 5.97 Å². The Hall–Kier alpha value is -0.830. The largest absolute Gasteiger partial charge is 0.458 e. The minimum atomic E-state index is -0.243. The lowest BCUT2D eigenvalue weighted by Gasteiger charge is -2.36. The van der Waals surface area contributed by atoms with Crippen molar-refractivity contribution in [3.8, 4) is 0 Å². The van der Waals surface area contributed by atoms with Gasteiger partial charge in [0.1, 0.15) is 6.10 Å². The summed E-state index contributed by atoms with van der Waals surface area (Å²) in [6, 6.07) is 0. The van der Waals surface area contributed by atoms with Gasteiger partial charge in [0.05, 0.1) is 6.10 Å². The second-order valence-electron chi connectivity index (χ2n) is 6.70. The van der Waals surface area contributed by atoms with Crippen molar-refractivity contribution in [1.29, 1.82) is 0 Å². The highest BCUT2D eigenvalue weighted by atomic mass is 16.6. The Morgan fingerprint density at radius 2 is 2.17 bits per heavy atom. The summed E-state index contributed by atoms with van der Waals surface area (Å²) in [5.74, 6) is 0.930. The van der Waals surface area contributed by atoms with Crippen molar-refractivity contribution in [3.05, 3.63) is 12.2 Å². The molecule has 3 heteroatoms. The quantitative estimate of drug-likeness (QED) is 0.530. The third kappa shape index (κ3) is 1.49. The van der Waals surface area contributed by atoms with E-state index >= 15 is 0 Å². The highest BCUT2D eigenvalue weighted by Gasteiger charge is 2.55. The molecule has 0 aromatic rings. The van der Waals surface area contributed by atoms with Gasteiger partial charge in [-0.05, 0) is 42.9 Å². The first-order chi connectivity index (χ1) is 8.43. The number of aliphatic hydroxyl groups is 1. The predicted octanol–water partition coefficient (Wildman–Crippen LogP) is 2.29. The SMILES string of the molecule is C=C1C(=O)OC2CC(C)C3CCC(O)[C@@]3(C)CC12. The molecule has 2 aliphatic carbocycles. The predicted molar refractivity (Wildman–Crippen MR) is 67.7 cm³/mol. The van der Waals surface area contributed by atoms with E-state index in [9.17, 15) is 9.90 Å². The Morgan fingerprint density at radius 3 is 2.89 bits per heavy atom. The van der Waals surface area contributed by atoms with Crippen LogP contribution in [0.5, 0.6) is 0 Å². The van der Waals surface area contributed by atoms with Crippen LogP contribution in [0.3, 0.4) is 0 Å². The average molecular weight is 250 g/mol. The van der Waals surface area contributed by atoms with E-state index in [1.54, 1.807) is 0 Å². The van der Waals surface area contributed by atoms with Gasteiger partial charge in [-0.2, -0.15) is 0 Å². The molecule has 0 aromatic carbocycles. The first kappa shape index (κ1) is 12.2. The molecular weight excluding hydrogens is 228 g/mol. The number of esters is 1. The van der Waals surface area contributed by atoms with Gasteiger partial charge in [0.2, 0.25) is 0 Å². The Kier molecular flexibility index (Phi) is 2.60. The van der Waals surface area contributed by atoms with Crippen LogP contribution in [0, 0.1) is 23.2 Å². The molecule has 1 aliphatic heterocycles. The van der Waals surface area contributed by atoms with Crippen LogP contribution in [0.25, 0.3) is 0 Å². The van der Waals surface area contributed by atoms with Crippen LogP contribution in [0.15, 0.2) is 12.2 Å². The molecule has 0 aromatic heterocycles. The van der Waals surface area contributed by atoms with Crippen LogP contribution in [-0.4, -0.2) is 23.3 Å². The number of carbonyl (C=O) groups excluding carboxylic acids is 1. The number of hydrogen-bond donors (Lipinski definition) is 1. The smallest absolute Gasteiger partial charge is 0.334 e. The average Bonchev–Trinajstić information content (AvgIpc) is 2.69. The maximum atomic E-state index is 11.7. The lowest BCUT2D eigenvalue weighted by atomic mass is 9.69. The summed E-state index contributed by atoms with van der Waals surface area (Å²) in [6.07, 6.45) is 3.51. The molecular formula is C15H22O3. The van der Waals surface area contributed by atoms with Crippen LogP contribution >= 0.6 is 0 Å². The van der Waals surface area contributed by atoms with E-state index in [-0.39, 0.29) is 29.5 Å². The van der Waals surface area contributed by atoms with Gasteiger partial charge in [-0.3, -0.25) is 0 Å². The molecule has 2 saturated carbocycles. The summed E-state index contributed by atoms with van der Waals surface area (Å²) < 4.78 is 5.45. The second-order valence-corrected chi connectivity index (χ2v) is 6.70. The number of hydrogen-bond acceptors (Lipinski definition) is 3. The summed E-state index contributed by atoms with van der Waals surface area (Å²) in [5, 5.41) is 10.3. The Bertz CT molecular complexity index is 403. The third-order valence-corrected chi connectivity index (χ3v) is 5.73. The molecule has 0 radical (unpaired) electrons. The van der Waals surface area contributed by atoms with Crippen LogP contribution in [0.2, 0.25) is 0 Å². The van der Waals surface area contributed by atoms with E-state index in [1.807, 2.05) is 0 Å². The van der Waals surface area contributed by atoms with Crippen LogP contribution < -0.4 is 0 Å². The van der Waals surface area contributed by atoms with Gasteiger partial charge in [-0.15, -0.1) is 0 Å². The van der Waals surface area contributed by atoms with Gasteiger partial charge in [-0.25, -0.2) is 4.79 Å². The van der Waals surface area contributed by atoms with Crippen molar-refractivity contribution in [3.63, 3.8) is 0 Å². The molecule has 0 spiro atoms. The molecule has 18 heavy (non-hydrogen) atoms. The van der Waals surface area contributed by atoms with Gasteiger partial charge < -0.3 is 9.84 Å². The summed E-state index contributed by atoms with van der Waals surface area (Å²) in [4.78, 5) is 11.7. The molecule has 100 valence electrons. The summed E-state index contributed by atoms with van der Waals surface area (Å²) in [7, 11) is 0. The van der Waals surface area contributed by atoms with Crippen molar-refractivity contribution in [1.82, 2.24) is 0 Å². The summed E-state index contributed by atoms with van der Waals surface area (Å²) in [6.45, 7) is 8.32. The lowest BCUT2D eigenvalue weighted by Crippen LogP contribution is -2.35. The van der Waals surface area contributed by atoms with Gasteiger partial charge in [0.15, 0.2) is 0 Å². The van der Waals surface area contributed by atoms with Crippen LogP contribution in [0.4, 0.5) is 0 Å². The molecule has 0 bridgehead atoms. The number of carbonyl (C=O) groups is 1. The minimum absolute atomic E-state index is 0.00498. The van der Waals surface area contributed by atoms with Crippen LogP contribution in [-0.2, 0) is 9.53 Å². The Labute approximate surface area is 108 Å². The van der Waals surface area contributed by atoms with Crippen molar-refractivity contribution in [2.75, 3.05) is 0 Å². The zero-order valence-corrected chi connectivity index (χ0v) is 11.2. The zero-order chi connectivity index (χ0) is 13.1. The summed E-state index contributed by atoms with van der Waals surface area (Å²) >= 11 is 0. The molecule has 5 unspecified atom stereocenters. The molecule has 6 atom stereocenters. The second kappa shape index (κ2) is 3.83. The van der Waals surface area contributed by atoms with E-state index in [0.717, 1.165) is 25.7 Å². The molecule has 1 N–H and O–H groups in total. The molecule has 3 rings (SSSR count). The van der Waals surface area contributed by atoms with E-state index in [0.29, 0.717) is 17.4 Å². The van der Waals surface area contributed by atoms with Gasteiger partial charge in [-0.1, -0.05) is 20.4 Å². The van der Waals surface area contributed by atoms with E-state index < -0.39 is 0 Å². The standard InChI is InChI=1S/C15H22O3/c1-8-6-12-10(9(2)14(17)18-12)7-15(3)11(8)4-5-13(15)16/h8,10-13,16H,2,4-7H2,1,3H3/t8?,10?,11?,12?,13?,15-/m0/s1. The van der Waals surface area contributed by atoms with Crippen molar-refractivity contribution >= 4 is 5.97 Å². The van der Waals surface area contributed by atoms with E-state index in [2.05, 4.69) is 20.4 Å². The molecule has 3 aliphatic rings. The minimum Gasteiger partial charge on any atom is -0.458 e. The number of rotatable bonds is 0. The topological polar surface area (TPSA) is 46.5 Å². The summed E-state index contributed by atoms with van der Waals surface area (Å²) in [5.41, 5.74) is 0.545. The lowest BCUT2D eigenvalue weighted by molar-refractivity contribution is -0.139. The fraction of sp³-hybridized carbons (Fsp3) is 0.800. The zero-order valence-electron chi connectivity index (χ0n) is 11.2. The van der Waals surface area contributed by atoms with E-state index in [1.165, 1.54) is 0 Å². The fourth-order valence-corrected chi connectivity index (χ4v) is 4.61. The highest BCUT2D eigenvalue weighted by molar-refractivity contribution is 5.90. The van der Waals surface area contributed by atoms with Crippen molar-refractivity contribution in [2.45, 2.75) is 51.7 Å². The fourth-order valence-electron chi connectivity index (χ4n) is 4.61. The van der Waals surface area contributed by atoms with Gasteiger partial charge in [0.25, 0.3) is 0 Å². The monoisotopic (exact) mass is 250 g/mol. The molecule has 3 fully saturated rings. The molecule has 0 amide bonds. The molecule has 1 heterocycles. The highest BCUT2D eigenvalue weighted by Crippen LogP contribution is 2.56. The van der Waals surface area contributed by atoms with Crippen LogP contribution in [0.1, 0.15) is 39.5 Å². The number of fused-ring (bicyclic) bond motifs is 2. The molecule has 1 saturated heterocycles. The maximum absolute atomic E-state index is 11.7. The van der Waals surface area contributed by atoms with Gasteiger partial charge in [0, 0.05) is 11.5 Å². The first-order valence-electron chi connectivity index (χ1n) is 7.01. The Morgan fingerprint density at radius 1 is 1.44 bits per heavy atom. The number of aliphatic hydroxyl groups excluding tert-OH is 1. The number of ether oxygens (including phenoxy) is 1. The first-order valence-corrected chi connectivity index (χ1v) is 7.01. The van der Waals surface area contributed by atoms with E-state index in [4.69, 9.17) is 4.74 Å². The van der Waals surface area contributed by atoms with Crippen molar-refractivity contribution < 1.29 is 14.6 Å². The third-order valence-electron chi connectivity index (χ3n) is 5.73. The van der Waals surface area contributed by atoms with Crippen molar-refractivity contribution in [2.24, 2.45) is 23.2 Å².